The number of carbonyl (C=O) groups is 2. The normalized spacial score (nSPS) is 11.1. The van der Waals surface area contributed by atoms with E-state index >= 15 is 0 Å². The van der Waals surface area contributed by atoms with Gasteiger partial charge in [0.2, 0.25) is 0 Å². The molecule has 0 saturated carbocycles. The molecule has 1 heterocycles. The smallest absolute Gasteiger partial charge is 0.387 e. The minimum absolute atomic E-state index is 0.00642. The molecule has 3 rings (SSSR count). The highest BCUT2D eigenvalue weighted by molar-refractivity contribution is 6.01. The van der Waals surface area contributed by atoms with Crippen molar-refractivity contribution in [3.63, 3.8) is 0 Å². The molecule has 0 spiro atoms. The summed E-state index contributed by atoms with van der Waals surface area (Å²) in [7, 11) is 0. The highest BCUT2D eigenvalue weighted by Gasteiger charge is 2.21. The molecule has 158 valence electrons. The van der Waals surface area contributed by atoms with Crippen LogP contribution in [0.1, 0.15) is 40.3 Å². The molecule has 2 amide bonds. The Hall–Kier alpha value is -3.46. The Morgan fingerprint density at radius 3 is 2.50 bits per heavy atom. The number of nitrogens with one attached hydrogen (secondary N) is 2. The number of halogens is 2. The lowest BCUT2D eigenvalue weighted by Crippen LogP contribution is -2.41. The van der Waals surface area contributed by atoms with Crippen LogP contribution in [0.3, 0.4) is 0 Å². The van der Waals surface area contributed by atoms with Crippen LogP contribution in [0.15, 0.2) is 52.9 Å². The van der Waals surface area contributed by atoms with Crippen molar-refractivity contribution < 1.29 is 32.3 Å². The van der Waals surface area contributed by atoms with Gasteiger partial charge in [0, 0.05) is 16.5 Å². The van der Waals surface area contributed by atoms with Gasteiger partial charge >= 0.3 is 12.5 Å². The molecule has 0 unspecified atom stereocenters. The predicted octanol–water partition coefficient (Wildman–Crippen LogP) is 4.03. The topological polar surface area (TPSA) is 89.8 Å². The molecule has 3 aromatic rings. The predicted molar refractivity (Wildman–Crippen MR) is 104 cm³/mol. The van der Waals surface area contributed by atoms with E-state index in [0.717, 1.165) is 11.5 Å². The molecule has 0 aliphatic carbocycles. The van der Waals surface area contributed by atoms with Gasteiger partial charge < -0.3 is 13.9 Å². The molecule has 7 nitrogen and oxygen atoms in total. The van der Waals surface area contributed by atoms with Crippen LogP contribution in [0.2, 0.25) is 0 Å². The lowest BCUT2D eigenvalue weighted by molar-refractivity contribution is -0.0498. The van der Waals surface area contributed by atoms with Gasteiger partial charge in [-0.15, -0.1) is 0 Å². The molecule has 0 aliphatic rings. The van der Waals surface area contributed by atoms with Gasteiger partial charge in [-0.3, -0.25) is 20.4 Å². The number of carbonyl (C=O) groups excluding carboxylic acids is 2. The van der Waals surface area contributed by atoms with Crippen LogP contribution in [-0.4, -0.2) is 24.5 Å². The first-order valence-corrected chi connectivity index (χ1v) is 9.12. The number of hydrogen-bond acceptors (Lipinski definition) is 5. The monoisotopic (exact) mass is 418 g/mol. The van der Waals surface area contributed by atoms with E-state index < -0.39 is 18.4 Å². The first-order chi connectivity index (χ1) is 14.3. The molecule has 1 aromatic heterocycles. The first kappa shape index (κ1) is 21.3. The number of ether oxygens (including phenoxy) is 2. The van der Waals surface area contributed by atoms with Crippen LogP contribution in [0.5, 0.6) is 5.75 Å². The minimum Gasteiger partial charge on any atom is -0.450 e. The van der Waals surface area contributed by atoms with E-state index in [9.17, 15) is 18.4 Å². The molecule has 0 bridgehead atoms. The number of hydrogen-bond donors (Lipinski definition) is 2. The molecule has 2 aromatic carbocycles. The van der Waals surface area contributed by atoms with Gasteiger partial charge in [-0.1, -0.05) is 24.3 Å². The number of benzene rings is 2. The Kier molecular flexibility index (Phi) is 6.63. The zero-order valence-corrected chi connectivity index (χ0v) is 16.3. The fraction of sp³-hybridized carbons (Fsp3) is 0.238. The Labute approximate surface area is 170 Å². The van der Waals surface area contributed by atoms with Crippen LogP contribution < -0.4 is 15.6 Å². The summed E-state index contributed by atoms with van der Waals surface area (Å²) in [6.07, 6.45) is -0.0583. The summed E-state index contributed by atoms with van der Waals surface area (Å²) in [4.78, 5) is 24.9. The van der Waals surface area contributed by atoms with Gasteiger partial charge in [-0.05, 0) is 38.1 Å². The second-order valence-corrected chi connectivity index (χ2v) is 6.58. The van der Waals surface area contributed by atoms with E-state index in [1.54, 1.807) is 12.1 Å². The van der Waals surface area contributed by atoms with Crippen LogP contribution in [0.4, 0.5) is 8.78 Å². The third-order valence-corrected chi connectivity index (χ3v) is 4.08. The third-order valence-electron chi connectivity index (χ3n) is 4.08. The van der Waals surface area contributed by atoms with Gasteiger partial charge in [0.25, 0.3) is 5.91 Å². The number of rotatable bonds is 7. The maximum absolute atomic E-state index is 12.6. The quantitative estimate of drug-likeness (QED) is 0.566. The lowest BCUT2D eigenvalue weighted by Gasteiger charge is -2.10. The van der Waals surface area contributed by atoms with E-state index in [1.165, 1.54) is 18.2 Å². The summed E-state index contributed by atoms with van der Waals surface area (Å²) in [5.74, 6) is -1.55. The maximum atomic E-state index is 12.6. The molecular weight excluding hydrogens is 398 g/mol. The molecule has 0 aliphatic heterocycles. The summed E-state index contributed by atoms with van der Waals surface area (Å²) in [5.41, 5.74) is 5.59. The number of hydrazine groups is 1. The maximum Gasteiger partial charge on any atom is 0.387 e. The van der Waals surface area contributed by atoms with E-state index in [2.05, 4.69) is 15.6 Å². The van der Waals surface area contributed by atoms with Gasteiger partial charge in [0.15, 0.2) is 5.76 Å². The molecule has 2 N–H and O–H groups in total. The fourth-order valence-electron chi connectivity index (χ4n) is 2.73. The van der Waals surface area contributed by atoms with Crippen molar-refractivity contribution in [2.24, 2.45) is 0 Å². The Balaban J connectivity index is 1.74. The van der Waals surface area contributed by atoms with Crippen molar-refractivity contribution in [3.8, 4) is 5.75 Å². The van der Waals surface area contributed by atoms with Crippen molar-refractivity contribution in [2.45, 2.75) is 33.2 Å². The third kappa shape index (κ3) is 5.12. The second-order valence-electron chi connectivity index (χ2n) is 6.58. The van der Waals surface area contributed by atoms with Crippen molar-refractivity contribution >= 4 is 22.8 Å². The zero-order valence-electron chi connectivity index (χ0n) is 16.3. The molecule has 0 saturated heterocycles. The van der Waals surface area contributed by atoms with Crippen molar-refractivity contribution in [1.82, 2.24) is 10.9 Å². The van der Waals surface area contributed by atoms with E-state index in [1.807, 2.05) is 26.0 Å². The lowest BCUT2D eigenvalue weighted by atomic mass is 10.1. The molecule has 30 heavy (non-hydrogen) atoms. The van der Waals surface area contributed by atoms with Crippen LogP contribution in [0, 0.1) is 0 Å². The number of alkyl halides is 2. The van der Waals surface area contributed by atoms with E-state index in [-0.39, 0.29) is 29.8 Å². The molecule has 0 radical (unpaired) electrons. The average molecular weight is 418 g/mol. The highest BCUT2D eigenvalue weighted by atomic mass is 19.3. The zero-order chi connectivity index (χ0) is 21.7. The standard InChI is InChI=1S/C21H20F2N2O5/c1-12(2)28-11-16-15-8-3-4-9-17(15)30-18(16)20(27)25-24-19(26)13-6-5-7-14(10-13)29-21(22)23/h3-10,12,21H,11H2,1-2H3,(H,24,26)(H,25,27). The Morgan fingerprint density at radius 1 is 1.03 bits per heavy atom. The van der Waals surface area contributed by atoms with E-state index in [0.29, 0.717) is 11.1 Å². The SMILES string of the molecule is CC(C)OCc1c(C(=O)NNC(=O)c2cccc(OC(F)F)c2)oc2ccccc12. The van der Waals surface area contributed by atoms with Crippen LogP contribution in [-0.2, 0) is 11.3 Å². The van der Waals surface area contributed by atoms with Gasteiger partial charge in [-0.2, -0.15) is 8.78 Å². The molecule has 0 fully saturated rings. The van der Waals surface area contributed by atoms with Gasteiger partial charge in [-0.25, -0.2) is 0 Å². The fourth-order valence-corrected chi connectivity index (χ4v) is 2.73. The summed E-state index contributed by atoms with van der Waals surface area (Å²) in [6.45, 7) is 0.878. The largest absolute Gasteiger partial charge is 0.450 e. The number of fused-ring (bicyclic) bond motifs is 1. The number of furan rings is 1. The number of amides is 2. The van der Waals surface area contributed by atoms with Crippen LogP contribution in [0.25, 0.3) is 11.0 Å². The summed E-state index contributed by atoms with van der Waals surface area (Å²) in [6, 6.07) is 12.3. The van der Waals surface area contributed by atoms with Crippen molar-refractivity contribution in [2.75, 3.05) is 0 Å². The molecule has 0 atom stereocenters. The van der Waals surface area contributed by atoms with Crippen molar-refractivity contribution in [1.29, 1.82) is 0 Å². The number of para-hydroxylation sites is 1. The summed E-state index contributed by atoms with van der Waals surface area (Å²) in [5, 5.41) is 0.728. The highest BCUT2D eigenvalue weighted by Crippen LogP contribution is 2.27. The first-order valence-electron chi connectivity index (χ1n) is 9.12. The van der Waals surface area contributed by atoms with Gasteiger partial charge in [0.1, 0.15) is 11.3 Å². The summed E-state index contributed by atoms with van der Waals surface area (Å²) >= 11 is 0. The molecular formula is C21H20F2N2O5. The van der Waals surface area contributed by atoms with Gasteiger partial charge in [0.05, 0.1) is 12.7 Å². The Bertz CT molecular complexity index is 1050. The molecule has 9 heteroatoms. The van der Waals surface area contributed by atoms with Crippen LogP contribution >= 0.6 is 0 Å². The summed E-state index contributed by atoms with van der Waals surface area (Å²) < 4.78 is 40.2. The van der Waals surface area contributed by atoms with Crippen molar-refractivity contribution in [3.05, 3.63) is 65.4 Å². The second kappa shape index (κ2) is 9.36. The average Bonchev–Trinajstić information content (AvgIpc) is 3.08. The van der Waals surface area contributed by atoms with E-state index in [4.69, 9.17) is 9.15 Å². The Morgan fingerprint density at radius 2 is 1.77 bits per heavy atom. The minimum atomic E-state index is -3.01.